The average Bonchev–Trinajstić information content (AvgIpc) is 2.90. The number of nitrogens with two attached hydrogens (primary N) is 1. The van der Waals surface area contributed by atoms with Crippen LogP contribution >= 0.6 is 11.8 Å². The van der Waals surface area contributed by atoms with E-state index in [-0.39, 0.29) is 5.84 Å². The van der Waals surface area contributed by atoms with Gasteiger partial charge < -0.3 is 15.8 Å². The minimum Gasteiger partial charge on any atom is -0.409 e. The molecule has 6 heteroatoms. The van der Waals surface area contributed by atoms with E-state index in [1.165, 1.54) is 12.2 Å². The number of hydrogen-bond acceptors (Lipinski definition) is 5. The Morgan fingerprint density at radius 1 is 1.61 bits per heavy atom. The molecule has 98 valence electrons. The zero-order chi connectivity index (χ0) is 13.1. The van der Waals surface area contributed by atoms with Crippen molar-refractivity contribution < 1.29 is 5.21 Å². The lowest BCUT2D eigenvalue weighted by Crippen LogP contribution is -2.32. The second-order valence-corrected chi connectivity index (χ2v) is 5.62. The van der Waals surface area contributed by atoms with Crippen LogP contribution in [0.15, 0.2) is 17.3 Å². The van der Waals surface area contributed by atoms with Gasteiger partial charge in [0, 0.05) is 30.1 Å². The fourth-order valence-electron chi connectivity index (χ4n) is 2.05. The van der Waals surface area contributed by atoms with Crippen LogP contribution in [0.25, 0.3) is 0 Å². The minimum atomic E-state index is 0.121. The predicted octanol–water partition coefficient (Wildman–Crippen LogP) is 1.43. The average molecular weight is 266 g/mol. The molecule has 1 saturated heterocycles. The number of amidine groups is 1. The molecule has 1 atom stereocenters. The van der Waals surface area contributed by atoms with E-state index in [1.54, 1.807) is 0 Å². The van der Waals surface area contributed by atoms with Crippen molar-refractivity contribution in [3.8, 4) is 0 Å². The number of oxime groups is 1. The number of nitrogens with zero attached hydrogens (tertiary/aromatic N) is 3. The van der Waals surface area contributed by atoms with Gasteiger partial charge in [0.2, 0.25) is 0 Å². The summed E-state index contributed by atoms with van der Waals surface area (Å²) in [7, 11) is 2.05. The zero-order valence-electron chi connectivity index (χ0n) is 10.6. The van der Waals surface area contributed by atoms with E-state index >= 15 is 0 Å². The molecule has 1 unspecified atom stereocenters. The second kappa shape index (κ2) is 5.48. The molecule has 0 spiro atoms. The van der Waals surface area contributed by atoms with Gasteiger partial charge in [0.1, 0.15) is 5.82 Å². The van der Waals surface area contributed by atoms with Crippen molar-refractivity contribution in [3.63, 3.8) is 0 Å². The highest BCUT2D eigenvalue weighted by Gasteiger charge is 2.21. The molecule has 0 saturated carbocycles. The van der Waals surface area contributed by atoms with Crippen molar-refractivity contribution >= 4 is 23.4 Å². The highest BCUT2D eigenvalue weighted by Crippen LogP contribution is 2.25. The highest BCUT2D eigenvalue weighted by atomic mass is 32.2. The van der Waals surface area contributed by atoms with E-state index in [0.29, 0.717) is 11.6 Å². The van der Waals surface area contributed by atoms with Gasteiger partial charge >= 0.3 is 0 Å². The Kier molecular flexibility index (Phi) is 3.96. The van der Waals surface area contributed by atoms with Crippen LogP contribution in [0.3, 0.4) is 0 Å². The van der Waals surface area contributed by atoms with Gasteiger partial charge in [-0.15, -0.1) is 0 Å². The molecule has 0 radical (unpaired) electrons. The van der Waals surface area contributed by atoms with E-state index in [4.69, 9.17) is 10.9 Å². The summed E-state index contributed by atoms with van der Waals surface area (Å²) < 4.78 is 0. The molecular weight excluding hydrogens is 248 g/mol. The van der Waals surface area contributed by atoms with Crippen molar-refractivity contribution in [1.29, 1.82) is 0 Å². The number of rotatable bonds is 3. The summed E-state index contributed by atoms with van der Waals surface area (Å²) in [6.45, 7) is 1.91. The van der Waals surface area contributed by atoms with Crippen LogP contribution in [-0.2, 0) is 0 Å². The summed E-state index contributed by atoms with van der Waals surface area (Å²) in [6, 6.07) is 4.20. The molecule has 1 aliphatic rings. The lowest BCUT2D eigenvalue weighted by Gasteiger charge is -2.25. The molecule has 0 aliphatic carbocycles. The van der Waals surface area contributed by atoms with Crippen LogP contribution in [0.5, 0.6) is 0 Å². The smallest absolute Gasteiger partial charge is 0.170 e. The molecule has 0 amide bonds. The van der Waals surface area contributed by atoms with Crippen LogP contribution in [0.2, 0.25) is 0 Å². The summed E-state index contributed by atoms with van der Waals surface area (Å²) in [5, 5.41) is 11.8. The monoisotopic (exact) mass is 266 g/mol. The molecule has 2 rings (SSSR count). The van der Waals surface area contributed by atoms with Gasteiger partial charge in [-0.05, 0) is 31.2 Å². The fraction of sp³-hybridized carbons (Fsp3) is 0.500. The Morgan fingerprint density at radius 3 is 3.00 bits per heavy atom. The molecule has 3 N–H and O–H groups in total. The Labute approximate surface area is 111 Å². The molecule has 1 aromatic rings. The van der Waals surface area contributed by atoms with Crippen LogP contribution in [0.4, 0.5) is 5.82 Å². The van der Waals surface area contributed by atoms with E-state index in [9.17, 15) is 0 Å². The maximum atomic E-state index is 8.75. The number of anilines is 1. The second-order valence-electron chi connectivity index (χ2n) is 4.47. The van der Waals surface area contributed by atoms with Gasteiger partial charge in [-0.3, -0.25) is 0 Å². The van der Waals surface area contributed by atoms with Gasteiger partial charge in [0.25, 0.3) is 0 Å². The molecule has 1 aliphatic heterocycles. The molecular formula is C12H18N4OS. The summed E-state index contributed by atoms with van der Waals surface area (Å²) in [5.41, 5.74) is 7.21. The predicted molar refractivity (Wildman–Crippen MR) is 75.6 cm³/mol. The largest absolute Gasteiger partial charge is 0.409 e. The third-order valence-electron chi connectivity index (χ3n) is 3.16. The molecule has 0 bridgehead atoms. The van der Waals surface area contributed by atoms with Gasteiger partial charge in [0.15, 0.2) is 5.84 Å². The summed E-state index contributed by atoms with van der Waals surface area (Å²) >= 11 is 1.97. The topological polar surface area (TPSA) is 74.7 Å². The Morgan fingerprint density at radius 2 is 2.39 bits per heavy atom. The summed E-state index contributed by atoms with van der Waals surface area (Å²) in [6.07, 6.45) is 1.18. The molecule has 18 heavy (non-hydrogen) atoms. The standard InChI is InChI=1S/C12H18N4OS/c1-8-5-9(12(13)15-17)6-11(14-8)16(2)10-3-4-18-7-10/h5-6,10,17H,3-4,7H2,1-2H3,(H2,13,15). The van der Waals surface area contributed by atoms with Gasteiger partial charge in [0.05, 0.1) is 0 Å². The van der Waals surface area contributed by atoms with Crippen LogP contribution in [-0.4, -0.2) is 40.6 Å². The number of thioether (sulfide) groups is 1. The first-order valence-corrected chi connectivity index (χ1v) is 7.04. The molecule has 0 aromatic carbocycles. The Bertz CT molecular complexity index is 457. The third-order valence-corrected chi connectivity index (χ3v) is 4.30. The lowest BCUT2D eigenvalue weighted by molar-refractivity contribution is 0.318. The lowest BCUT2D eigenvalue weighted by atomic mass is 10.2. The van der Waals surface area contributed by atoms with E-state index in [1.807, 2.05) is 37.9 Å². The van der Waals surface area contributed by atoms with Gasteiger partial charge in [-0.1, -0.05) is 5.16 Å². The van der Waals surface area contributed by atoms with Crippen molar-refractivity contribution in [3.05, 3.63) is 23.4 Å². The van der Waals surface area contributed by atoms with Crippen LogP contribution in [0.1, 0.15) is 17.7 Å². The minimum absolute atomic E-state index is 0.121. The van der Waals surface area contributed by atoms with Crippen molar-refractivity contribution in [1.82, 2.24) is 4.98 Å². The first-order chi connectivity index (χ1) is 8.61. The third kappa shape index (κ3) is 2.69. The van der Waals surface area contributed by atoms with E-state index < -0.39 is 0 Å². The van der Waals surface area contributed by atoms with Crippen LogP contribution < -0.4 is 10.6 Å². The first kappa shape index (κ1) is 13.0. The quantitative estimate of drug-likeness (QED) is 0.375. The first-order valence-electron chi connectivity index (χ1n) is 5.89. The summed E-state index contributed by atoms with van der Waals surface area (Å²) in [5.74, 6) is 3.33. The Hall–Kier alpha value is -1.43. The highest BCUT2D eigenvalue weighted by molar-refractivity contribution is 7.99. The maximum absolute atomic E-state index is 8.75. The number of hydrogen-bond donors (Lipinski definition) is 2. The van der Waals surface area contributed by atoms with Crippen molar-refractivity contribution in [2.75, 3.05) is 23.5 Å². The number of pyridine rings is 1. The van der Waals surface area contributed by atoms with Gasteiger partial charge in [-0.25, -0.2) is 4.98 Å². The molecule has 2 heterocycles. The number of aromatic nitrogens is 1. The Balaban J connectivity index is 2.29. The van der Waals surface area contributed by atoms with E-state index in [0.717, 1.165) is 17.3 Å². The maximum Gasteiger partial charge on any atom is 0.170 e. The SMILES string of the molecule is Cc1cc(/C(N)=N/O)cc(N(C)C2CCSC2)n1. The summed E-state index contributed by atoms with van der Waals surface area (Å²) in [4.78, 5) is 6.70. The van der Waals surface area contributed by atoms with Crippen LogP contribution in [0, 0.1) is 6.92 Å². The molecule has 5 nitrogen and oxygen atoms in total. The van der Waals surface area contributed by atoms with Crippen molar-refractivity contribution in [2.24, 2.45) is 10.9 Å². The van der Waals surface area contributed by atoms with E-state index in [2.05, 4.69) is 15.0 Å². The van der Waals surface area contributed by atoms with Gasteiger partial charge in [-0.2, -0.15) is 11.8 Å². The fourth-order valence-corrected chi connectivity index (χ4v) is 3.32. The number of aryl methyl sites for hydroxylation is 1. The molecule has 1 fully saturated rings. The zero-order valence-corrected chi connectivity index (χ0v) is 11.4. The normalized spacial score (nSPS) is 20.1. The van der Waals surface area contributed by atoms with Crippen molar-refractivity contribution in [2.45, 2.75) is 19.4 Å². The molecule has 1 aromatic heterocycles.